The van der Waals surface area contributed by atoms with Gasteiger partial charge in [0.2, 0.25) is 0 Å². The van der Waals surface area contributed by atoms with Gasteiger partial charge >= 0.3 is 0 Å². The van der Waals surface area contributed by atoms with E-state index in [2.05, 4.69) is 19.1 Å². The minimum atomic E-state index is -3.16. The van der Waals surface area contributed by atoms with Gasteiger partial charge in [-0.2, -0.15) is 0 Å². The van der Waals surface area contributed by atoms with E-state index in [1.54, 1.807) is 13.8 Å². The molecule has 0 amide bonds. The van der Waals surface area contributed by atoms with Gasteiger partial charge in [0.05, 0.1) is 4.75 Å². The minimum absolute atomic E-state index is 0.403. The van der Waals surface area contributed by atoms with Gasteiger partial charge in [0.15, 0.2) is 9.84 Å². The average molecular weight is 269 g/mol. The maximum Gasteiger partial charge on any atom is 0.154 e. The Labute approximate surface area is 110 Å². The molecule has 1 aromatic carbocycles. The highest BCUT2D eigenvalue weighted by atomic mass is 32.2. The molecule has 0 fully saturated rings. The lowest BCUT2D eigenvalue weighted by Gasteiger charge is -2.29. The molecule has 1 aromatic rings. The van der Waals surface area contributed by atoms with Crippen LogP contribution in [0.4, 0.5) is 0 Å². The maximum atomic E-state index is 11.7. The van der Waals surface area contributed by atoms with Crippen LogP contribution < -0.4 is 5.73 Å². The first-order valence-corrected chi connectivity index (χ1v) is 8.10. The molecule has 1 rings (SSSR count). The Balaban J connectivity index is 2.84. The second-order valence-corrected chi connectivity index (χ2v) is 7.95. The van der Waals surface area contributed by atoms with Crippen molar-refractivity contribution in [2.24, 2.45) is 5.73 Å². The minimum Gasteiger partial charge on any atom is -0.326 e. The van der Waals surface area contributed by atoms with Gasteiger partial charge in [-0.15, -0.1) is 0 Å². The Hall–Kier alpha value is -0.870. The van der Waals surface area contributed by atoms with Crippen molar-refractivity contribution in [3.63, 3.8) is 0 Å². The lowest BCUT2D eigenvalue weighted by molar-refractivity contribution is 0.482. The molecule has 0 aliphatic carbocycles. The Morgan fingerprint density at radius 2 is 1.61 bits per heavy atom. The number of benzene rings is 1. The van der Waals surface area contributed by atoms with Crippen LogP contribution >= 0.6 is 0 Å². The molecule has 4 heteroatoms. The zero-order valence-electron chi connectivity index (χ0n) is 11.6. The molecule has 0 saturated carbocycles. The molecule has 1 unspecified atom stereocenters. The zero-order chi connectivity index (χ0) is 14.0. The molecule has 0 bridgehead atoms. The SMILES string of the molecule is CCc1ccc(CC(N)C(C)(C)S(C)(=O)=O)cc1. The third-order valence-electron chi connectivity index (χ3n) is 3.74. The number of rotatable bonds is 5. The van der Waals surface area contributed by atoms with Crippen molar-refractivity contribution < 1.29 is 8.42 Å². The van der Waals surface area contributed by atoms with Gasteiger partial charge in [0.1, 0.15) is 0 Å². The molecular formula is C14H23NO2S. The lowest BCUT2D eigenvalue weighted by Crippen LogP contribution is -2.49. The predicted molar refractivity (Wildman–Crippen MR) is 76.4 cm³/mol. The topological polar surface area (TPSA) is 60.2 Å². The first kappa shape index (κ1) is 15.2. The van der Waals surface area contributed by atoms with E-state index in [0.29, 0.717) is 6.42 Å². The highest BCUT2D eigenvalue weighted by Crippen LogP contribution is 2.21. The number of hydrogen-bond donors (Lipinski definition) is 1. The molecule has 102 valence electrons. The van der Waals surface area contributed by atoms with Gasteiger partial charge < -0.3 is 5.73 Å². The first-order valence-electron chi connectivity index (χ1n) is 6.21. The fraction of sp³-hybridized carbons (Fsp3) is 0.571. The molecule has 0 aromatic heterocycles. The van der Waals surface area contributed by atoms with Crippen molar-refractivity contribution in [1.82, 2.24) is 0 Å². The van der Waals surface area contributed by atoms with E-state index in [4.69, 9.17) is 5.73 Å². The summed E-state index contributed by atoms with van der Waals surface area (Å²) in [4.78, 5) is 0. The fourth-order valence-electron chi connectivity index (χ4n) is 1.69. The van der Waals surface area contributed by atoms with Gasteiger partial charge in [0.25, 0.3) is 0 Å². The molecule has 18 heavy (non-hydrogen) atoms. The summed E-state index contributed by atoms with van der Waals surface area (Å²) < 4.78 is 22.5. The summed E-state index contributed by atoms with van der Waals surface area (Å²) in [6, 6.07) is 7.78. The van der Waals surface area contributed by atoms with Crippen LogP contribution in [0.3, 0.4) is 0 Å². The van der Waals surface area contributed by atoms with Gasteiger partial charge in [-0.1, -0.05) is 31.2 Å². The maximum absolute atomic E-state index is 11.7. The van der Waals surface area contributed by atoms with Crippen molar-refractivity contribution in [3.8, 4) is 0 Å². The predicted octanol–water partition coefficient (Wildman–Crippen LogP) is 1.94. The van der Waals surface area contributed by atoms with E-state index in [9.17, 15) is 8.42 Å². The number of hydrogen-bond acceptors (Lipinski definition) is 3. The molecule has 0 aliphatic rings. The van der Waals surface area contributed by atoms with Crippen LogP contribution in [-0.4, -0.2) is 25.5 Å². The lowest BCUT2D eigenvalue weighted by atomic mass is 9.96. The van der Waals surface area contributed by atoms with E-state index in [1.165, 1.54) is 11.8 Å². The quantitative estimate of drug-likeness (QED) is 0.888. The molecule has 1 atom stereocenters. The van der Waals surface area contributed by atoms with E-state index < -0.39 is 20.6 Å². The van der Waals surface area contributed by atoms with Crippen LogP contribution in [0.25, 0.3) is 0 Å². The Morgan fingerprint density at radius 1 is 1.17 bits per heavy atom. The molecule has 0 radical (unpaired) electrons. The van der Waals surface area contributed by atoms with Crippen molar-refractivity contribution in [2.45, 2.75) is 44.4 Å². The van der Waals surface area contributed by atoms with Gasteiger partial charge in [-0.3, -0.25) is 0 Å². The normalized spacial score (nSPS) is 14.5. The second kappa shape index (κ2) is 5.41. The molecule has 0 aliphatic heterocycles. The number of aryl methyl sites for hydroxylation is 1. The van der Waals surface area contributed by atoms with Gasteiger partial charge in [0, 0.05) is 12.3 Å². The fourth-order valence-corrected chi connectivity index (χ4v) is 2.32. The summed E-state index contributed by atoms with van der Waals surface area (Å²) in [6.07, 6.45) is 2.82. The summed E-state index contributed by atoms with van der Waals surface area (Å²) in [7, 11) is -3.16. The van der Waals surface area contributed by atoms with Crippen molar-refractivity contribution in [3.05, 3.63) is 35.4 Å². The van der Waals surface area contributed by atoms with Gasteiger partial charge in [-0.25, -0.2) is 8.42 Å². The van der Waals surface area contributed by atoms with E-state index >= 15 is 0 Å². The summed E-state index contributed by atoms with van der Waals surface area (Å²) in [5.74, 6) is 0. The van der Waals surface area contributed by atoms with E-state index in [0.717, 1.165) is 12.0 Å². The van der Waals surface area contributed by atoms with Crippen LogP contribution in [0.2, 0.25) is 0 Å². The zero-order valence-corrected chi connectivity index (χ0v) is 12.4. The largest absolute Gasteiger partial charge is 0.326 e. The van der Waals surface area contributed by atoms with Crippen LogP contribution in [0.15, 0.2) is 24.3 Å². The van der Waals surface area contributed by atoms with Gasteiger partial charge in [-0.05, 0) is 37.8 Å². The third kappa shape index (κ3) is 3.33. The summed E-state index contributed by atoms with van der Waals surface area (Å²) in [6.45, 7) is 5.48. The average Bonchev–Trinajstić information content (AvgIpc) is 2.28. The first-order chi connectivity index (χ1) is 8.18. The Morgan fingerprint density at radius 3 is 2.00 bits per heavy atom. The van der Waals surface area contributed by atoms with Crippen molar-refractivity contribution >= 4 is 9.84 Å². The summed E-state index contributed by atoms with van der Waals surface area (Å²) >= 11 is 0. The standard InChI is InChI=1S/C14H23NO2S/c1-5-11-6-8-12(9-7-11)10-13(15)14(2,3)18(4,16)17/h6-9,13H,5,10,15H2,1-4H3. The van der Waals surface area contributed by atoms with Crippen LogP contribution in [-0.2, 0) is 22.7 Å². The molecule has 0 spiro atoms. The summed E-state index contributed by atoms with van der Waals surface area (Å²) in [5, 5.41) is 0. The molecule has 3 nitrogen and oxygen atoms in total. The molecule has 0 saturated heterocycles. The monoisotopic (exact) mass is 269 g/mol. The highest BCUT2D eigenvalue weighted by Gasteiger charge is 2.36. The smallest absolute Gasteiger partial charge is 0.154 e. The Kier molecular flexibility index (Phi) is 4.56. The van der Waals surface area contributed by atoms with Crippen LogP contribution in [0, 0.1) is 0 Å². The van der Waals surface area contributed by atoms with E-state index in [1.807, 2.05) is 12.1 Å². The van der Waals surface area contributed by atoms with Crippen molar-refractivity contribution in [1.29, 1.82) is 0 Å². The van der Waals surface area contributed by atoms with Crippen molar-refractivity contribution in [2.75, 3.05) is 6.26 Å². The molecule has 2 N–H and O–H groups in total. The molecular weight excluding hydrogens is 246 g/mol. The van der Waals surface area contributed by atoms with Crippen LogP contribution in [0.5, 0.6) is 0 Å². The number of nitrogens with two attached hydrogens (primary N) is 1. The number of sulfone groups is 1. The van der Waals surface area contributed by atoms with E-state index in [-0.39, 0.29) is 0 Å². The van der Waals surface area contributed by atoms with Crippen LogP contribution in [0.1, 0.15) is 31.9 Å². The summed E-state index contributed by atoms with van der Waals surface area (Å²) in [5.41, 5.74) is 8.41. The Bertz CT molecular complexity index is 489. The highest BCUT2D eigenvalue weighted by molar-refractivity contribution is 7.92. The second-order valence-electron chi connectivity index (χ2n) is 5.36. The molecule has 0 heterocycles. The third-order valence-corrected chi connectivity index (χ3v) is 5.95.